The van der Waals surface area contributed by atoms with Crippen LogP contribution in [-0.2, 0) is 0 Å². The van der Waals surface area contributed by atoms with Crippen LogP contribution in [0.3, 0.4) is 0 Å². The highest BCUT2D eigenvalue weighted by Gasteiger charge is 2.25. The zero-order chi connectivity index (χ0) is 14.1. The number of benzene rings is 1. The van der Waals surface area contributed by atoms with Gasteiger partial charge in [0.05, 0.1) is 16.9 Å². The number of nitrogen functional groups attached to an aromatic ring is 1. The second-order valence-electron chi connectivity index (χ2n) is 5.76. The van der Waals surface area contributed by atoms with Crippen LogP contribution in [0.15, 0.2) is 18.2 Å². The Bertz CT molecular complexity index is 449. The molecule has 0 spiro atoms. The predicted molar refractivity (Wildman–Crippen MR) is 76.7 cm³/mol. The number of para-hydroxylation sites is 1. The summed E-state index contributed by atoms with van der Waals surface area (Å²) in [6.45, 7) is 8.64. The molecule has 0 aliphatic carbocycles. The SMILES string of the molecule is CC(N(C)c1cccc(C(N)=O)c1N)C(C)(C)C. The monoisotopic (exact) mass is 249 g/mol. The van der Waals surface area contributed by atoms with Crippen LogP contribution in [0.25, 0.3) is 0 Å². The van der Waals surface area contributed by atoms with Gasteiger partial charge >= 0.3 is 0 Å². The molecular weight excluding hydrogens is 226 g/mol. The van der Waals surface area contributed by atoms with Crippen LogP contribution in [-0.4, -0.2) is 19.0 Å². The number of rotatable bonds is 3. The van der Waals surface area contributed by atoms with Crippen molar-refractivity contribution in [2.24, 2.45) is 11.1 Å². The zero-order valence-corrected chi connectivity index (χ0v) is 11.8. The molecule has 1 unspecified atom stereocenters. The third-order valence-corrected chi connectivity index (χ3v) is 3.56. The van der Waals surface area contributed by atoms with Crippen molar-refractivity contribution in [1.29, 1.82) is 0 Å². The van der Waals surface area contributed by atoms with Gasteiger partial charge in [-0.15, -0.1) is 0 Å². The fraction of sp³-hybridized carbons (Fsp3) is 0.500. The van der Waals surface area contributed by atoms with Crippen LogP contribution in [0.2, 0.25) is 0 Å². The van der Waals surface area contributed by atoms with E-state index in [-0.39, 0.29) is 11.5 Å². The topological polar surface area (TPSA) is 72.3 Å². The third kappa shape index (κ3) is 2.75. The van der Waals surface area contributed by atoms with Crippen LogP contribution in [0.4, 0.5) is 11.4 Å². The number of carbonyl (C=O) groups is 1. The Labute approximate surface area is 109 Å². The van der Waals surface area contributed by atoms with E-state index >= 15 is 0 Å². The molecule has 1 rings (SSSR count). The minimum atomic E-state index is -0.494. The lowest BCUT2D eigenvalue weighted by atomic mass is 9.87. The Hall–Kier alpha value is -1.71. The molecule has 0 radical (unpaired) electrons. The first-order valence-corrected chi connectivity index (χ1v) is 6.07. The van der Waals surface area contributed by atoms with E-state index in [1.54, 1.807) is 12.1 Å². The summed E-state index contributed by atoms with van der Waals surface area (Å²) in [6.07, 6.45) is 0. The fourth-order valence-electron chi connectivity index (χ4n) is 1.87. The molecule has 0 saturated carbocycles. The zero-order valence-electron chi connectivity index (χ0n) is 11.8. The van der Waals surface area contributed by atoms with Crippen LogP contribution in [0, 0.1) is 5.41 Å². The van der Waals surface area contributed by atoms with E-state index in [2.05, 4.69) is 32.6 Å². The molecule has 18 heavy (non-hydrogen) atoms. The molecule has 4 nitrogen and oxygen atoms in total. The Kier molecular flexibility index (Phi) is 3.89. The molecule has 100 valence electrons. The number of hydrogen-bond acceptors (Lipinski definition) is 3. The maximum absolute atomic E-state index is 11.3. The Morgan fingerprint density at radius 3 is 2.33 bits per heavy atom. The number of primary amides is 1. The standard InChI is InChI=1S/C14H23N3O/c1-9(14(2,3)4)17(5)11-8-6-7-10(12(11)15)13(16)18/h6-9H,15H2,1-5H3,(H2,16,18). The molecule has 1 atom stereocenters. The molecule has 4 heteroatoms. The maximum atomic E-state index is 11.3. The van der Waals surface area contributed by atoms with Crippen molar-refractivity contribution in [3.8, 4) is 0 Å². The van der Waals surface area contributed by atoms with Crippen LogP contribution < -0.4 is 16.4 Å². The molecule has 0 aliphatic heterocycles. The second-order valence-corrected chi connectivity index (χ2v) is 5.76. The van der Waals surface area contributed by atoms with E-state index < -0.39 is 5.91 Å². The van der Waals surface area contributed by atoms with E-state index in [0.717, 1.165) is 5.69 Å². The van der Waals surface area contributed by atoms with Gasteiger partial charge in [0.2, 0.25) is 0 Å². The first-order valence-electron chi connectivity index (χ1n) is 6.07. The highest BCUT2D eigenvalue weighted by molar-refractivity contribution is 6.00. The van der Waals surface area contributed by atoms with Gasteiger partial charge in [0.25, 0.3) is 5.91 Å². The van der Waals surface area contributed by atoms with Gasteiger partial charge in [0.1, 0.15) is 0 Å². The number of carbonyl (C=O) groups excluding carboxylic acids is 1. The van der Waals surface area contributed by atoms with E-state index in [0.29, 0.717) is 11.3 Å². The van der Waals surface area contributed by atoms with Crippen molar-refractivity contribution in [1.82, 2.24) is 0 Å². The lowest BCUT2D eigenvalue weighted by Gasteiger charge is -2.37. The summed E-state index contributed by atoms with van der Waals surface area (Å²) in [5.74, 6) is -0.494. The molecule has 0 aromatic heterocycles. The van der Waals surface area contributed by atoms with Gasteiger partial charge in [0.15, 0.2) is 0 Å². The molecule has 1 amide bonds. The van der Waals surface area contributed by atoms with Crippen molar-refractivity contribution in [2.45, 2.75) is 33.7 Å². The first-order chi connectivity index (χ1) is 8.16. The van der Waals surface area contributed by atoms with Crippen molar-refractivity contribution in [2.75, 3.05) is 17.7 Å². The summed E-state index contributed by atoms with van der Waals surface area (Å²) in [5, 5.41) is 0. The molecule has 1 aromatic carbocycles. The van der Waals surface area contributed by atoms with Gasteiger partial charge in [-0.25, -0.2) is 0 Å². The Morgan fingerprint density at radius 2 is 1.89 bits per heavy atom. The fourth-order valence-corrected chi connectivity index (χ4v) is 1.87. The van der Waals surface area contributed by atoms with Gasteiger partial charge in [0, 0.05) is 13.1 Å². The number of nitrogens with zero attached hydrogens (tertiary/aromatic N) is 1. The average Bonchev–Trinajstić information content (AvgIpc) is 2.25. The van der Waals surface area contributed by atoms with E-state index in [1.807, 2.05) is 13.1 Å². The Balaban J connectivity index is 3.18. The average molecular weight is 249 g/mol. The summed E-state index contributed by atoms with van der Waals surface area (Å²) in [4.78, 5) is 13.4. The summed E-state index contributed by atoms with van der Waals surface area (Å²) in [5.41, 5.74) is 13.1. The second kappa shape index (κ2) is 4.88. The third-order valence-electron chi connectivity index (χ3n) is 3.56. The van der Waals surface area contributed by atoms with Gasteiger partial charge in [-0.1, -0.05) is 26.8 Å². The number of nitrogens with two attached hydrogens (primary N) is 2. The number of amides is 1. The van der Waals surface area contributed by atoms with Crippen molar-refractivity contribution >= 4 is 17.3 Å². The molecule has 0 saturated heterocycles. The highest BCUT2D eigenvalue weighted by Crippen LogP contribution is 2.32. The first kappa shape index (κ1) is 14.4. The quantitative estimate of drug-likeness (QED) is 0.807. The number of anilines is 2. The predicted octanol–water partition coefficient (Wildman–Crippen LogP) is 2.24. The summed E-state index contributed by atoms with van der Waals surface area (Å²) < 4.78 is 0. The smallest absolute Gasteiger partial charge is 0.250 e. The van der Waals surface area contributed by atoms with E-state index in [1.165, 1.54) is 0 Å². The van der Waals surface area contributed by atoms with Gasteiger partial charge in [-0.2, -0.15) is 0 Å². The van der Waals surface area contributed by atoms with Crippen LogP contribution >= 0.6 is 0 Å². The molecule has 4 N–H and O–H groups in total. The molecule has 0 fully saturated rings. The lowest BCUT2D eigenvalue weighted by molar-refractivity contribution is 0.100. The van der Waals surface area contributed by atoms with Gasteiger partial charge in [-0.3, -0.25) is 4.79 Å². The molecule has 1 aromatic rings. The largest absolute Gasteiger partial charge is 0.396 e. The normalized spacial score (nSPS) is 13.2. The molecule has 0 bridgehead atoms. The maximum Gasteiger partial charge on any atom is 0.250 e. The minimum Gasteiger partial charge on any atom is -0.396 e. The van der Waals surface area contributed by atoms with Crippen molar-refractivity contribution < 1.29 is 4.79 Å². The van der Waals surface area contributed by atoms with Crippen molar-refractivity contribution in [3.63, 3.8) is 0 Å². The van der Waals surface area contributed by atoms with Crippen molar-refractivity contribution in [3.05, 3.63) is 23.8 Å². The Morgan fingerprint density at radius 1 is 1.33 bits per heavy atom. The van der Waals surface area contributed by atoms with E-state index in [9.17, 15) is 4.79 Å². The molecule has 0 heterocycles. The lowest BCUT2D eigenvalue weighted by Crippen LogP contribution is -2.39. The summed E-state index contributed by atoms with van der Waals surface area (Å²) >= 11 is 0. The van der Waals surface area contributed by atoms with Gasteiger partial charge in [-0.05, 0) is 24.5 Å². The summed E-state index contributed by atoms with van der Waals surface area (Å²) in [7, 11) is 1.98. The molecule has 0 aliphatic rings. The highest BCUT2D eigenvalue weighted by atomic mass is 16.1. The van der Waals surface area contributed by atoms with Crippen LogP contribution in [0.5, 0.6) is 0 Å². The number of hydrogen-bond donors (Lipinski definition) is 2. The van der Waals surface area contributed by atoms with E-state index in [4.69, 9.17) is 11.5 Å². The minimum absolute atomic E-state index is 0.115. The molecular formula is C14H23N3O. The van der Waals surface area contributed by atoms with Crippen LogP contribution in [0.1, 0.15) is 38.1 Å². The van der Waals surface area contributed by atoms with Gasteiger partial charge < -0.3 is 16.4 Å². The summed E-state index contributed by atoms with van der Waals surface area (Å²) in [6, 6.07) is 5.64.